The first-order chi connectivity index (χ1) is 10.8. The maximum Gasteiger partial charge on any atom is 0.243 e. The summed E-state index contributed by atoms with van der Waals surface area (Å²) in [5.41, 5.74) is 1.11. The second-order valence-electron chi connectivity index (χ2n) is 6.92. The lowest BCUT2D eigenvalue weighted by Gasteiger charge is -2.23. The minimum absolute atomic E-state index is 0.00168. The number of sulfonamides is 1. The molecule has 124 valence electrons. The van der Waals surface area contributed by atoms with Crippen molar-refractivity contribution in [3.05, 3.63) is 42.0 Å². The predicted octanol–water partition coefficient (Wildman–Crippen LogP) is 2.63. The third kappa shape index (κ3) is 3.03. The summed E-state index contributed by atoms with van der Waals surface area (Å²) in [6.45, 7) is 6.83. The average molecular weight is 334 g/mol. The molecule has 0 bridgehead atoms. The maximum atomic E-state index is 13.0. The number of H-pyrrole nitrogens is 1. The molecule has 0 unspecified atom stereocenters. The zero-order valence-electron chi connectivity index (χ0n) is 13.7. The van der Waals surface area contributed by atoms with Crippen LogP contribution in [0.2, 0.25) is 0 Å². The molecule has 2 heterocycles. The van der Waals surface area contributed by atoms with Crippen LogP contribution in [0.25, 0.3) is 0 Å². The summed E-state index contributed by atoms with van der Waals surface area (Å²) in [6.07, 6.45) is 3.00. The molecule has 1 N–H and O–H groups in total. The van der Waals surface area contributed by atoms with E-state index in [-0.39, 0.29) is 11.5 Å². The number of benzene rings is 1. The molecular weight excluding hydrogens is 312 g/mol. The SMILES string of the molecule is CC(C)(C)c1ccc(S(=O)(=O)N2CCC[C@H]2c2ncn[nH]2)cc1. The average Bonchev–Trinajstić information content (AvgIpc) is 3.17. The van der Waals surface area contributed by atoms with Crippen molar-refractivity contribution in [2.24, 2.45) is 0 Å². The highest BCUT2D eigenvalue weighted by atomic mass is 32.2. The van der Waals surface area contributed by atoms with Crippen LogP contribution in [-0.2, 0) is 15.4 Å². The summed E-state index contributed by atoms with van der Waals surface area (Å²) in [7, 11) is -3.53. The van der Waals surface area contributed by atoms with E-state index >= 15 is 0 Å². The van der Waals surface area contributed by atoms with Crippen molar-refractivity contribution >= 4 is 10.0 Å². The molecule has 1 atom stereocenters. The summed E-state index contributed by atoms with van der Waals surface area (Å²) in [4.78, 5) is 4.46. The molecule has 1 saturated heterocycles. The maximum absolute atomic E-state index is 13.0. The molecule has 0 spiro atoms. The van der Waals surface area contributed by atoms with E-state index in [1.807, 2.05) is 12.1 Å². The van der Waals surface area contributed by atoms with Crippen LogP contribution in [-0.4, -0.2) is 34.4 Å². The molecule has 1 aromatic heterocycles. The van der Waals surface area contributed by atoms with Crippen LogP contribution in [0, 0.1) is 0 Å². The summed E-state index contributed by atoms with van der Waals surface area (Å²) in [5, 5.41) is 6.63. The van der Waals surface area contributed by atoms with E-state index < -0.39 is 10.0 Å². The standard InChI is InChI=1S/C16H22N4O2S/c1-16(2,3)12-6-8-13(9-7-12)23(21,22)20-10-4-5-14(20)15-17-11-18-19-15/h6-9,11,14H,4-5,10H2,1-3H3,(H,17,18,19)/t14-/m0/s1. The molecule has 0 saturated carbocycles. The summed E-state index contributed by atoms with van der Waals surface area (Å²) < 4.78 is 27.5. The highest BCUT2D eigenvalue weighted by Crippen LogP contribution is 2.35. The van der Waals surface area contributed by atoms with Crippen LogP contribution in [0.1, 0.15) is 51.0 Å². The van der Waals surface area contributed by atoms with Gasteiger partial charge in [-0.1, -0.05) is 32.9 Å². The molecule has 1 aliphatic heterocycles. The van der Waals surface area contributed by atoms with Crippen molar-refractivity contribution < 1.29 is 8.42 Å². The van der Waals surface area contributed by atoms with Gasteiger partial charge in [-0.05, 0) is 36.0 Å². The van der Waals surface area contributed by atoms with Crippen molar-refractivity contribution in [2.45, 2.75) is 50.0 Å². The van der Waals surface area contributed by atoms with Gasteiger partial charge in [-0.3, -0.25) is 5.10 Å². The Bertz CT molecular complexity index is 761. The number of rotatable bonds is 3. The highest BCUT2D eigenvalue weighted by molar-refractivity contribution is 7.89. The molecule has 1 aliphatic rings. The van der Waals surface area contributed by atoms with Gasteiger partial charge in [0.2, 0.25) is 10.0 Å². The van der Waals surface area contributed by atoms with Gasteiger partial charge in [0, 0.05) is 6.54 Å². The van der Waals surface area contributed by atoms with E-state index in [9.17, 15) is 8.42 Å². The van der Waals surface area contributed by atoms with Crippen LogP contribution in [0.5, 0.6) is 0 Å². The Morgan fingerprint density at radius 3 is 2.48 bits per heavy atom. The van der Waals surface area contributed by atoms with Gasteiger partial charge in [0.15, 0.2) is 0 Å². The fourth-order valence-electron chi connectivity index (χ4n) is 2.94. The Morgan fingerprint density at radius 1 is 1.22 bits per heavy atom. The van der Waals surface area contributed by atoms with Gasteiger partial charge < -0.3 is 0 Å². The Hall–Kier alpha value is -1.73. The number of hydrogen-bond donors (Lipinski definition) is 1. The van der Waals surface area contributed by atoms with Gasteiger partial charge in [-0.15, -0.1) is 0 Å². The van der Waals surface area contributed by atoms with E-state index in [0.29, 0.717) is 17.3 Å². The highest BCUT2D eigenvalue weighted by Gasteiger charge is 2.37. The number of hydrogen-bond acceptors (Lipinski definition) is 4. The molecule has 1 fully saturated rings. The number of aromatic amines is 1. The number of aromatic nitrogens is 3. The molecule has 0 radical (unpaired) electrons. The molecule has 2 aromatic rings. The number of nitrogens with zero attached hydrogens (tertiary/aromatic N) is 3. The molecular formula is C16H22N4O2S. The fraction of sp³-hybridized carbons (Fsp3) is 0.500. The largest absolute Gasteiger partial charge is 0.262 e. The van der Waals surface area contributed by atoms with Gasteiger partial charge in [-0.25, -0.2) is 13.4 Å². The van der Waals surface area contributed by atoms with Crippen molar-refractivity contribution in [3.63, 3.8) is 0 Å². The lowest BCUT2D eigenvalue weighted by molar-refractivity contribution is 0.384. The third-order valence-electron chi connectivity index (χ3n) is 4.28. The van der Waals surface area contributed by atoms with Crippen LogP contribution < -0.4 is 0 Å². The Morgan fingerprint density at radius 2 is 1.91 bits per heavy atom. The van der Waals surface area contributed by atoms with E-state index in [1.165, 1.54) is 10.6 Å². The van der Waals surface area contributed by atoms with E-state index in [0.717, 1.165) is 18.4 Å². The first-order valence-corrected chi connectivity index (χ1v) is 9.22. The summed E-state index contributed by atoms with van der Waals surface area (Å²) >= 11 is 0. The zero-order valence-corrected chi connectivity index (χ0v) is 14.5. The van der Waals surface area contributed by atoms with E-state index in [1.54, 1.807) is 12.1 Å². The first kappa shape index (κ1) is 16.1. The quantitative estimate of drug-likeness (QED) is 0.936. The Labute approximate surface area is 137 Å². The normalized spacial score (nSPS) is 20.0. The van der Waals surface area contributed by atoms with Crippen molar-refractivity contribution in [2.75, 3.05) is 6.54 Å². The van der Waals surface area contributed by atoms with Gasteiger partial charge in [-0.2, -0.15) is 9.40 Å². The van der Waals surface area contributed by atoms with Crippen LogP contribution in [0.3, 0.4) is 0 Å². The molecule has 0 aliphatic carbocycles. The summed E-state index contributed by atoms with van der Waals surface area (Å²) in [5.74, 6) is 0.609. The second kappa shape index (κ2) is 5.72. The molecule has 3 rings (SSSR count). The Balaban J connectivity index is 1.92. The smallest absolute Gasteiger partial charge is 0.243 e. The minimum Gasteiger partial charge on any atom is -0.262 e. The van der Waals surface area contributed by atoms with Gasteiger partial charge >= 0.3 is 0 Å². The predicted molar refractivity (Wildman–Crippen MR) is 87.4 cm³/mol. The number of nitrogens with one attached hydrogen (secondary N) is 1. The first-order valence-electron chi connectivity index (χ1n) is 7.78. The van der Waals surface area contributed by atoms with Gasteiger partial charge in [0.1, 0.15) is 12.2 Å². The summed E-state index contributed by atoms with van der Waals surface area (Å²) in [6, 6.07) is 6.93. The van der Waals surface area contributed by atoms with Crippen LogP contribution in [0.4, 0.5) is 0 Å². The van der Waals surface area contributed by atoms with Crippen molar-refractivity contribution in [3.8, 4) is 0 Å². The minimum atomic E-state index is -3.53. The van der Waals surface area contributed by atoms with Crippen molar-refractivity contribution in [1.82, 2.24) is 19.5 Å². The fourth-order valence-corrected chi connectivity index (χ4v) is 4.60. The van der Waals surface area contributed by atoms with Gasteiger partial charge in [0.25, 0.3) is 0 Å². The molecule has 1 aromatic carbocycles. The van der Waals surface area contributed by atoms with E-state index in [2.05, 4.69) is 36.0 Å². The topological polar surface area (TPSA) is 79.0 Å². The lowest BCUT2D eigenvalue weighted by atomic mass is 9.87. The second-order valence-corrected chi connectivity index (χ2v) is 8.81. The van der Waals surface area contributed by atoms with Crippen molar-refractivity contribution in [1.29, 1.82) is 0 Å². The van der Waals surface area contributed by atoms with Crippen LogP contribution >= 0.6 is 0 Å². The molecule has 23 heavy (non-hydrogen) atoms. The monoisotopic (exact) mass is 334 g/mol. The lowest BCUT2D eigenvalue weighted by Crippen LogP contribution is -2.31. The molecule has 6 nitrogen and oxygen atoms in total. The van der Waals surface area contributed by atoms with E-state index in [4.69, 9.17) is 0 Å². The third-order valence-corrected chi connectivity index (χ3v) is 6.20. The van der Waals surface area contributed by atoms with Crippen LogP contribution in [0.15, 0.2) is 35.5 Å². The zero-order chi connectivity index (χ0) is 16.7. The molecule has 7 heteroatoms. The Kier molecular flexibility index (Phi) is 4.01. The van der Waals surface area contributed by atoms with Gasteiger partial charge in [0.05, 0.1) is 10.9 Å². The molecule has 0 amide bonds.